The van der Waals surface area contributed by atoms with Crippen molar-refractivity contribution in [2.45, 2.75) is 52.0 Å². The van der Waals surface area contributed by atoms with Gasteiger partial charge in [0.25, 0.3) is 0 Å². The third kappa shape index (κ3) is 5.92. The largest absolute Gasteiger partial charge is 0.314 e. The van der Waals surface area contributed by atoms with Crippen LogP contribution in [0.2, 0.25) is 0 Å². The SMILES string of the molecule is CC(C)CCSCCC1CCCCN1. The smallest absolute Gasteiger partial charge is 0.00749 e. The molecule has 0 bridgehead atoms. The molecular formula is C12H25NS. The van der Waals surface area contributed by atoms with Crippen LogP contribution in [0.1, 0.15) is 46.0 Å². The van der Waals surface area contributed by atoms with Gasteiger partial charge in [0.15, 0.2) is 0 Å². The molecule has 1 aliphatic heterocycles. The van der Waals surface area contributed by atoms with Crippen LogP contribution in [0, 0.1) is 5.92 Å². The van der Waals surface area contributed by atoms with Crippen molar-refractivity contribution in [3.05, 3.63) is 0 Å². The summed E-state index contributed by atoms with van der Waals surface area (Å²) in [6.45, 7) is 5.87. The predicted molar refractivity (Wildman–Crippen MR) is 67.0 cm³/mol. The first-order chi connectivity index (χ1) is 6.79. The maximum absolute atomic E-state index is 3.61. The van der Waals surface area contributed by atoms with E-state index in [1.54, 1.807) is 0 Å². The topological polar surface area (TPSA) is 12.0 Å². The van der Waals surface area contributed by atoms with Crippen molar-refractivity contribution < 1.29 is 0 Å². The summed E-state index contributed by atoms with van der Waals surface area (Å²) in [6, 6.07) is 0.829. The zero-order chi connectivity index (χ0) is 10.2. The van der Waals surface area contributed by atoms with Gasteiger partial charge in [-0.1, -0.05) is 20.3 Å². The van der Waals surface area contributed by atoms with E-state index < -0.39 is 0 Å². The number of piperidine rings is 1. The highest BCUT2D eigenvalue weighted by molar-refractivity contribution is 7.99. The number of hydrogen-bond acceptors (Lipinski definition) is 2. The van der Waals surface area contributed by atoms with Gasteiger partial charge in [-0.25, -0.2) is 0 Å². The zero-order valence-electron chi connectivity index (χ0n) is 9.72. The van der Waals surface area contributed by atoms with E-state index in [1.807, 2.05) is 0 Å². The molecule has 1 fully saturated rings. The van der Waals surface area contributed by atoms with Gasteiger partial charge in [0.05, 0.1) is 0 Å². The molecule has 1 heterocycles. The Balaban J connectivity index is 1.87. The Morgan fingerprint density at radius 1 is 1.29 bits per heavy atom. The average Bonchev–Trinajstić information content (AvgIpc) is 2.18. The van der Waals surface area contributed by atoms with Crippen LogP contribution in [0.4, 0.5) is 0 Å². The van der Waals surface area contributed by atoms with E-state index in [-0.39, 0.29) is 0 Å². The van der Waals surface area contributed by atoms with Gasteiger partial charge in [0, 0.05) is 6.04 Å². The third-order valence-corrected chi connectivity index (χ3v) is 3.91. The molecule has 1 rings (SSSR count). The van der Waals surface area contributed by atoms with E-state index in [0.717, 1.165) is 12.0 Å². The minimum Gasteiger partial charge on any atom is -0.314 e. The molecule has 0 amide bonds. The lowest BCUT2D eigenvalue weighted by Gasteiger charge is -2.23. The maximum atomic E-state index is 3.61. The highest BCUT2D eigenvalue weighted by Gasteiger charge is 2.11. The predicted octanol–water partition coefficient (Wildman–Crippen LogP) is 3.30. The van der Waals surface area contributed by atoms with E-state index in [9.17, 15) is 0 Å². The second-order valence-electron chi connectivity index (χ2n) is 4.73. The van der Waals surface area contributed by atoms with E-state index >= 15 is 0 Å². The van der Waals surface area contributed by atoms with Crippen molar-refractivity contribution in [1.29, 1.82) is 0 Å². The van der Waals surface area contributed by atoms with Crippen LogP contribution in [0.15, 0.2) is 0 Å². The van der Waals surface area contributed by atoms with Gasteiger partial charge in [0.2, 0.25) is 0 Å². The summed E-state index contributed by atoms with van der Waals surface area (Å²) in [7, 11) is 0. The van der Waals surface area contributed by atoms with E-state index in [1.165, 1.54) is 50.2 Å². The second kappa shape index (κ2) is 7.58. The molecular weight excluding hydrogens is 190 g/mol. The van der Waals surface area contributed by atoms with Crippen LogP contribution in [-0.2, 0) is 0 Å². The van der Waals surface area contributed by atoms with Gasteiger partial charge in [-0.05, 0) is 49.7 Å². The molecule has 1 N–H and O–H groups in total. The molecule has 1 saturated heterocycles. The third-order valence-electron chi connectivity index (χ3n) is 2.86. The van der Waals surface area contributed by atoms with Crippen molar-refractivity contribution in [3.8, 4) is 0 Å². The van der Waals surface area contributed by atoms with Crippen LogP contribution in [0.3, 0.4) is 0 Å². The number of rotatable bonds is 6. The van der Waals surface area contributed by atoms with Crippen molar-refractivity contribution in [2.24, 2.45) is 5.92 Å². The van der Waals surface area contributed by atoms with Gasteiger partial charge in [-0.15, -0.1) is 0 Å². The molecule has 0 spiro atoms. The molecule has 2 heteroatoms. The fourth-order valence-electron chi connectivity index (χ4n) is 1.82. The Hall–Kier alpha value is 0.310. The Bertz CT molecular complexity index is 130. The molecule has 0 aromatic heterocycles. The fourth-order valence-corrected chi connectivity index (χ4v) is 3.11. The summed E-state index contributed by atoms with van der Waals surface area (Å²) in [5.41, 5.74) is 0. The lowest BCUT2D eigenvalue weighted by atomic mass is 10.0. The monoisotopic (exact) mass is 215 g/mol. The highest BCUT2D eigenvalue weighted by Crippen LogP contribution is 2.15. The van der Waals surface area contributed by atoms with Gasteiger partial charge in [-0.2, -0.15) is 11.8 Å². The van der Waals surface area contributed by atoms with Crippen molar-refractivity contribution in [3.63, 3.8) is 0 Å². The summed E-state index contributed by atoms with van der Waals surface area (Å²) in [5, 5.41) is 3.61. The molecule has 1 unspecified atom stereocenters. The number of thioether (sulfide) groups is 1. The minimum absolute atomic E-state index is 0.829. The number of nitrogens with one attached hydrogen (secondary N) is 1. The lowest BCUT2D eigenvalue weighted by molar-refractivity contribution is 0.394. The lowest BCUT2D eigenvalue weighted by Crippen LogP contribution is -2.34. The van der Waals surface area contributed by atoms with Crippen LogP contribution < -0.4 is 5.32 Å². The summed E-state index contributed by atoms with van der Waals surface area (Å²) in [4.78, 5) is 0. The zero-order valence-corrected chi connectivity index (χ0v) is 10.5. The fraction of sp³-hybridized carbons (Fsp3) is 1.00. The summed E-state index contributed by atoms with van der Waals surface area (Å²) < 4.78 is 0. The molecule has 0 aromatic carbocycles. The summed E-state index contributed by atoms with van der Waals surface area (Å²) >= 11 is 2.14. The Morgan fingerprint density at radius 3 is 2.79 bits per heavy atom. The average molecular weight is 215 g/mol. The molecule has 0 aliphatic carbocycles. The Labute approximate surface area is 93.4 Å². The quantitative estimate of drug-likeness (QED) is 0.682. The van der Waals surface area contributed by atoms with Crippen LogP contribution in [0.25, 0.3) is 0 Å². The van der Waals surface area contributed by atoms with Gasteiger partial charge < -0.3 is 5.32 Å². The Morgan fingerprint density at radius 2 is 2.14 bits per heavy atom. The highest BCUT2D eigenvalue weighted by atomic mass is 32.2. The van der Waals surface area contributed by atoms with Crippen LogP contribution >= 0.6 is 11.8 Å². The van der Waals surface area contributed by atoms with E-state index in [0.29, 0.717) is 0 Å². The molecule has 1 aliphatic rings. The van der Waals surface area contributed by atoms with Crippen LogP contribution in [-0.4, -0.2) is 24.1 Å². The van der Waals surface area contributed by atoms with Gasteiger partial charge >= 0.3 is 0 Å². The summed E-state index contributed by atoms with van der Waals surface area (Å²) in [6.07, 6.45) is 6.99. The van der Waals surface area contributed by atoms with Gasteiger partial charge in [-0.3, -0.25) is 0 Å². The molecule has 14 heavy (non-hydrogen) atoms. The molecule has 0 aromatic rings. The summed E-state index contributed by atoms with van der Waals surface area (Å²) in [5.74, 6) is 3.57. The molecule has 0 saturated carbocycles. The molecule has 0 radical (unpaired) electrons. The molecule has 1 atom stereocenters. The van der Waals surface area contributed by atoms with Crippen molar-refractivity contribution >= 4 is 11.8 Å². The molecule has 1 nitrogen and oxygen atoms in total. The first-order valence-corrected chi connectivity index (χ1v) is 7.25. The van der Waals surface area contributed by atoms with Crippen LogP contribution in [0.5, 0.6) is 0 Å². The minimum atomic E-state index is 0.829. The van der Waals surface area contributed by atoms with Crippen molar-refractivity contribution in [1.82, 2.24) is 5.32 Å². The normalized spacial score (nSPS) is 22.9. The first kappa shape index (κ1) is 12.4. The van der Waals surface area contributed by atoms with E-state index in [2.05, 4.69) is 30.9 Å². The second-order valence-corrected chi connectivity index (χ2v) is 5.96. The van der Waals surface area contributed by atoms with Gasteiger partial charge in [0.1, 0.15) is 0 Å². The standard InChI is InChI=1S/C12H25NS/c1-11(2)6-9-14-10-7-12-5-3-4-8-13-12/h11-13H,3-10H2,1-2H3. The number of hydrogen-bond donors (Lipinski definition) is 1. The van der Waals surface area contributed by atoms with Crippen molar-refractivity contribution in [2.75, 3.05) is 18.1 Å². The Kier molecular flexibility index (Phi) is 6.70. The first-order valence-electron chi connectivity index (χ1n) is 6.10. The maximum Gasteiger partial charge on any atom is 0.00749 e. The van der Waals surface area contributed by atoms with E-state index in [4.69, 9.17) is 0 Å². The molecule has 84 valence electrons.